The maximum absolute atomic E-state index is 13.4. The number of esters is 2. The molecule has 36 heavy (non-hydrogen) atoms. The van der Waals surface area contributed by atoms with Crippen LogP contribution in [0.2, 0.25) is 0 Å². The molecule has 0 amide bonds. The van der Waals surface area contributed by atoms with Gasteiger partial charge in [0.15, 0.2) is 6.79 Å². The van der Waals surface area contributed by atoms with E-state index in [0.717, 1.165) is 26.0 Å². The van der Waals surface area contributed by atoms with Gasteiger partial charge in [-0.15, -0.1) is 0 Å². The highest BCUT2D eigenvalue weighted by Gasteiger charge is 2.25. The van der Waals surface area contributed by atoms with Gasteiger partial charge in [-0.05, 0) is 109 Å². The molecule has 0 aromatic heterocycles. The number of halogens is 1. The van der Waals surface area contributed by atoms with Crippen molar-refractivity contribution in [1.29, 1.82) is 0 Å². The number of rotatable bonds is 8. The second-order valence-electron chi connectivity index (χ2n) is 8.71. The van der Waals surface area contributed by atoms with Gasteiger partial charge >= 0.3 is 11.9 Å². The molecule has 0 bridgehead atoms. The Morgan fingerprint density at radius 2 is 1.42 bits per heavy atom. The van der Waals surface area contributed by atoms with Crippen molar-refractivity contribution in [3.63, 3.8) is 0 Å². The molecule has 0 aliphatic heterocycles. The Morgan fingerprint density at radius 3 is 2.00 bits per heavy atom. The third kappa shape index (κ3) is 5.73. The van der Waals surface area contributed by atoms with E-state index in [-0.39, 0.29) is 6.79 Å². The van der Waals surface area contributed by atoms with Crippen LogP contribution in [0.15, 0.2) is 36.4 Å². The van der Waals surface area contributed by atoms with E-state index in [1.54, 1.807) is 0 Å². The molecule has 0 aliphatic rings. The number of hydrogen-bond donors (Lipinski definition) is 0. The van der Waals surface area contributed by atoms with Crippen LogP contribution in [0.3, 0.4) is 0 Å². The van der Waals surface area contributed by atoms with E-state index in [1.807, 2.05) is 77.9 Å². The molecule has 0 N–H and O–H groups in total. The summed E-state index contributed by atoms with van der Waals surface area (Å²) in [5, 5.41) is 0. The van der Waals surface area contributed by atoms with Gasteiger partial charge in [-0.1, -0.05) is 30.3 Å². The first-order valence-corrected chi connectivity index (χ1v) is 12.6. The van der Waals surface area contributed by atoms with Gasteiger partial charge in [-0.25, -0.2) is 9.59 Å². The van der Waals surface area contributed by atoms with E-state index in [1.165, 1.54) is 7.11 Å². The second kappa shape index (κ2) is 11.9. The van der Waals surface area contributed by atoms with Crippen molar-refractivity contribution in [2.24, 2.45) is 0 Å². The van der Waals surface area contributed by atoms with Gasteiger partial charge in [0.1, 0.15) is 18.1 Å². The third-order valence-corrected chi connectivity index (χ3v) is 7.71. The summed E-state index contributed by atoms with van der Waals surface area (Å²) >= 11 is 2.21. The molecule has 0 heterocycles. The van der Waals surface area contributed by atoms with Gasteiger partial charge in [0.25, 0.3) is 0 Å². The maximum Gasteiger partial charge on any atom is 0.344 e. The zero-order valence-corrected chi connectivity index (χ0v) is 23.9. The molecule has 3 aromatic carbocycles. The average molecular weight is 602 g/mol. The first-order valence-electron chi connectivity index (χ1n) is 11.5. The fourth-order valence-corrected chi connectivity index (χ4v) is 4.72. The number of benzene rings is 3. The fraction of sp³-hybridized carbons (Fsp3) is 0.310. The summed E-state index contributed by atoms with van der Waals surface area (Å²) in [6.07, 6.45) is 0. The van der Waals surface area contributed by atoms with Crippen LogP contribution in [0.25, 0.3) is 0 Å². The van der Waals surface area contributed by atoms with Crippen LogP contribution in [0.4, 0.5) is 0 Å². The highest BCUT2D eigenvalue weighted by atomic mass is 127. The molecule has 0 saturated carbocycles. The van der Waals surface area contributed by atoms with Crippen LogP contribution in [0.1, 0.15) is 59.7 Å². The molecule has 7 heteroatoms. The molecule has 6 nitrogen and oxygen atoms in total. The number of aryl methyl sites for hydroxylation is 1. The number of hydrogen-bond acceptors (Lipinski definition) is 6. The molecular weight excluding hydrogens is 571 g/mol. The topological polar surface area (TPSA) is 71.1 Å². The zero-order valence-electron chi connectivity index (χ0n) is 21.7. The predicted molar refractivity (Wildman–Crippen MR) is 147 cm³/mol. The summed E-state index contributed by atoms with van der Waals surface area (Å²) in [5.41, 5.74) is 6.43. The van der Waals surface area contributed by atoms with Crippen LogP contribution >= 0.6 is 22.6 Å². The van der Waals surface area contributed by atoms with E-state index < -0.39 is 11.9 Å². The Kier molecular flexibility index (Phi) is 9.13. The van der Waals surface area contributed by atoms with Crippen LogP contribution in [0, 0.1) is 45.1 Å². The minimum atomic E-state index is -0.469. The second-order valence-corrected chi connectivity index (χ2v) is 9.79. The predicted octanol–water partition coefficient (Wildman–Crippen LogP) is 6.70. The number of ether oxygens (including phenoxy) is 4. The Bertz CT molecular complexity index is 1270. The molecular formula is C29H31IO6. The fourth-order valence-electron chi connectivity index (χ4n) is 4.14. The third-order valence-electron chi connectivity index (χ3n) is 6.37. The molecule has 0 unspecified atom stereocenters. The molecule has 3 rings (SSSR count). The van der Waals surface area contributed by atoms with Gasteiger partial charge in [-0.2, -0.15) is 0 Å². The summed E-state index contributed by atoms with van der Waals surface area (Å²) in [6.45, 7) is 11.4. The van der Waals surface area contributed by atoms with E-state index >= 15 is 0 Å². The van der Waals surface area contributed by atoms with Crippen molar-refractivity contribution >= 4 is 34.5 Å². The highest BCUT2D eigenvalue weighted by molar-refractivity contribution is 14.1. The normalized spacial score (nSPS) is 10.8. The molecule has 0 spiro atoms. The minimum Gasteiger partial charge on any atom is -0.488 e. The van der Waals surface area contributed by atoms with E-state index in [4.69, 9.17) is 18.9 Å². The van der Waals surface area contributed by atoms with Crippen molar-refractivity contribution in [3.05, 3.63) is 90.0 Å². The van der Waals surface area contributed by atoms with Crippen molar-refractivity contribution in [3.8, 4) is 11.5 Å². The smallest absolute Gasteiger partial charge is 0.344 e. The van der Waals surface area contributed by atoms with Crippen LogP contribution < -0.4 is 9.47 Å². The van der Waals surface area contributed by atoms with E-state index in [0.29, 0.717) is 45.7 Å². The van der Waals surface area contributed by atoms with Crippen molar-refractivity contribution in [2.75, 3.05) is 13.9 Å². The van der Waals surface area contributed by atoms with Crippen LogP contribution in [0.5, 0.6) is 11.5 Å². The standard InChI is InChI=1S/C29H31IO6/c1-16-13-23(34-14-22-11-9-8-10-12-22)26(30)21(6)24(16)29(32)36-27-19(4)17(2)25(18(3)20(27)5)28(31)35-15-33-7/h8-13H,14-15H2,1-7H3. The van der Waals surface area contributed by atoms with E-state index in [9.17, 15) is 9.59 Å². The van der Waals surface area contributed by atoms with Crippen molar-refractivity contribution in [1.82, 2.24) is 0 Å². The van der Waals surface area contributed by atoms with Crippen molar-refractivity contribution < 1.29 is 28.5 Å². The van der Waals surface area contributed by atoms with Crippen LogP contribution in [-0.2, 0) is 16.1 Å². The SMILES string of the molecule is COCOC(=O)c1c(C)c(C)c(OC(=O)c2c(C)cc(OCc3ccccc3)c(I)c2C)c(C)c1C. The van der Waals surface area contributed by atoms with Gasteiger partial charge < -0.3 is 18.9 Å². The first kappa shape index (κ1) is 27.7. The van der Waals surface area contributed by atoms with Gasteiger partial charge in [0.05, 0.1) is 14.7 Å². The largest absolute Gasteiger partial charge is 0.488 e. The number of carbonyl (C=O) groups is 2. The van der Waals surface area contributed by atoms with Crippen LogP contribution in [-0.4, -0.2) is 25.8 Å². The molecule has 0 fully saturated rings. The number of carbonyl (C=O) groups excluding carboxylic acids is 2. The summed E-state index contributed by atoms with van der Waals surface area (Å²) in [7, 11) is 1.46. The molecule has 0 aliphatic carbocycles. The quantitative estimate of drug-likeness (QED) is 0.124. The molecule has 190 valence electrons. The maximum atomic E-state index is 13.4. The highest BCUT2D eigenvalue weighted by Crippen LogP contribution is 2.35. The van der Waals surface area contributed by atoms with Gasteiger partial charge in [0.2, 0.25) is 0 Å². The lowest BCUT2D eigenvalue weighted by atomic mass is 9.93. The average Bonchev–Trinajstić information content (AvgIpc) is 2.86. The Balaban J connectivity index is 1.91. The Hall–Kier alpha value is -2.91. The lowest BCUT2D eigenvalue weighted by Crippen LogP contribution is -2.18. The lowest BCUT2D eigenvalue weighted by molar-refractivity contribution is -0.0126. The molecule has 0 saturated heterocycles. The number of methoxy groups -OCH3 is 1. The van der Waals surface area contributed by atoms with Crippen molar-refractivity contribution in [2.45, 2.75) is 48.1 Å². The Morgan fingerprint density at radius 1 is 0.806 bits per heavy atom. The summed E-state index contributed by atoms with van der Waals surface area (Å²) in [5.74, 6) is 0.265. The zero-order chi connectivity index (χ0) is 26.6. The van der Waals surface area contributed by atoms with Gasteiger partial charge in [0, 0.05) is 7.11 Å². The van der Waals surface area contributed by atoms with Gasteiger partial charge in [-0.3, -0.25) is 0 Å². The molecule has 3 aromatic rings. The minimum absolute atomic E-state index is 0.130. The lowest BCUT2D eigenvalue weighted by Gasteiger charge is -2.20. The summed E-state index contributed by atoms with van der Waals surface area (Å²) in [6, 6.07) is 11.8. The molecule has 0 radical (unpaired) electrons. The van der Waals surface area contributed by atoms with E-state index in [2.05, 4.69) is 22.6 Å². The molecule has 0 atom stereocenters. The first-order chi connectivity index (χ1) is 17.1. The monoisotopic (exact) mass is 602 g/mol. The summed E-state index contributed by atoms with van der Waals surface area (Å²) in [4.78, 5) is 26.0. The Labute approximate surface area is 226 Å². The summed E-state index contributed by atoms with van der Waals surface area (Å²) < 4.78 is 22.9.